The highest BCUT2D eigenvalue weighted by atomic mass is 35.5. The topological polar surface area (TPSA) is 34.1 Å². The zero-order chi connectivity index (χ0) is 11.7. The summed E-state index contributed by atoms with van der Waals surface area (Å²) in [6, 6.07) is 5.32. The van der Waals surface area contributed by atoms with Gasteiger partial charge in [0.15, 0.2) is 11.6 Å². The van der Waals surface area contributed by atoms with E-state index in [9.17, 15) is 9.59 Å². The predicted octanol–water partition coefficient (Wildman–Crippen LogP) is 2.74. The molecule has 1 aromatic rings. The molecule has 1 aromatic carbocycles. The molecule has 0 saturated carbocycles. The van der Waals surface area contributed by atoms with Gasteiger partial charge in [0.1, 0.15) is 0 Å². The first kappa shape index (κ1) is 10.8. The lowest BCUT2D eigenvalue weighted by molar-refractivity contribution is -0.113. The summed E-state index contributed by atoms with van der Waals surface area (Å²) in [6.45, 7) is 1.88. The Balaban J connectivity index is 2.48. The molecule has 2 nitrogen and oxygen atoms in total. The number of rotatable bonds is 1. The van der Waals surface area contributed by atoms with E-state index in [1.807, 2.05) is 13.0 Å². The average Bonchev–Trinajstić information content (AvgIpc) is 2.26. The van der Waals surface area contributed by atoms with Crippen LogP contribution in [0.2, 0.25) is 5.02 Å². The molecule has 16 heavy (non-hydrogen) atoms. The van der Waals surface area contributed by atoms with Crippen molar-refractivity contribution in [2.45, 2.75) is 6.92 Å². The Morgan fingerprint density at radius 1 is 1.12 bits per heavy atom. The van der Waals surface area contributed by atoms with Gasteiger partial charge in [-0.15, -0.1) is 0 Å². The van der Waals surface area contributed by atoms with Crippen molar-refractivity contribution >= 4 is 28.7 Å². The van der Waals surface area contributed by atoms with Crippen LogP contribution in [0.3, 0.4) is 0 Å². The van der Waals surface area contributed by atoms with E-state index in [2.05, 4.69) is 0 Å². The van der Waals surface area contributed by atoms with Gasteiger partial charge in [-0.25, -0.2) is 0 Å². The second kappa shape index (κ2) is 4.06. The van der Waals surface area contributed by atoms with E-state index in [0.717, 1.165) is 5.56 Å². The van der Waals surface area contributed by atoms with Gasteiger partial charge in [0, 0.05) is 10.6 Å². The summed E-state index contributed by atoms with van der Waals surface area (Å²) in [4.78, 5) is 22.8. The molecule has 1 aliphatic carbocycles. The SMILES string of the molecule is Cc1ccc(C2=CC(=O)C=CC2=O)cc1Cl. The Morgan fingerprint density at radius 2 is 1.88 bits per heavy atom. The zero-order valence-electron chi connectivity index (χ0n) is 8.66. The molecule has 0 heterocycles. The van der Waals surface area contributed by atoms with E-state index in [0.29, 0.717) is 16.2 Å². The van der Waals surface area contributed by atoms with E-state index >= 15 is 0 Å². The van der Waals surface area contributed by atoms with Crippen LogP contribution in [0.5, 0.6) is 0 Å². The molecule has 0 unspecified atom stereocenters. The second-order valence-electron chi connectivity index (χ2n) is 3.62. The number of aryl methyl sites for hydroxylation is 1. The van der Waals surface area contributed by atoms with Gasteiger partial charge in [-0.2, -0.15) is 0 Å². The van der Waals surface area contributed by atoms with Gasteiger partial charge < -0.3 is 0 Å². The summed E-state index contributed by atoms with van der Waals surface area (Å²) in [5.74, 6) is -0.342. The molecular formula is C13H9ClO2. The lowest BCUT2D eigenvalue weighted by Crippen LogP contribution is -2.06. The number of benzene rings is 1. The van der Waals surface area contributed by atoms with Crippen molar-refractivity contribution in [3.05, 3.63) is 52.6 Å². The highest BCUT2D eigenvalue weighted by Gasteiger charge is 2.15. The fraction of sp³-hybridized carbons (Fsp3) is 0.0769. The molecule has 0 amide bonds. The fourth-order valence-corrected chi connectivity index (χ4v) is 1.68. The molecule has 0 spiro atoms. The van der Waals surface area contributed by atoms with Crippen molar-refractivity contribution in [3.8, 4) is 0 Å². The summed E-state index contributed by atoms with van der Waals surface area (Å²) in [5.41, 5.74) is 2.02. The normalized spacial score (nSPS) is 15.2. The highest BCUT2D eigenvalue weighted by molar-refractivity contribution is 6.35. The van der Waals surface area contributed by atoms with Crippen LogP contribution in [0.4, 0.5) is 0 Å². The van der Waals surface area contributed by atoms with E-state index in [4.69, 9.17) is 11.6 Å². The van der Waals surface area contributed by atoms with Gasteiger partial charge >= 0.3 is 0 Å². The van der Waals surface area contributed by atoms with Crippen LogP contribution in [-0.2, 0) is 9.59 Å². The maximum Gasteiger partial charge on any atom is 0.186 e. The largest absolute Gasteiger partial charge is 0.290 e. The minimum absolute atomic E-state index is 0.167. The number of halogens is 1. The third kappa shape index (κ3) is 1.97. The van der Waals surface area contributed by atoms with Crippen LogP contribution in [-0.4, -0.2) is 11.6 Å². The Kier molecular flexibility index (Phi) is 2.75. The van der Waals surface area contributed by atoms with E-state index < -0.39 is 0 Å². The quantitative estimate of drug-likeness (QED) is 0.698. The minimum Gasteiger partial charge on any atom is -0.290 e. The standard InChI is InChI=1S/C13H9ClO2/c1-8-2-3-9(6-12(8)14)11-7-10(15)4-5-13(11)16/h2-7H,1H3. The summed E-state index contributed by atoms with van der Waals surface area (Å²) >= 11 is 5.98. The van der Waals surface area contributed by atoms with Crippen molar-refractivity contribution < 1.29 is 9.59 Å². The molecule has 0 aromatic heterocycles. The lowest BCUT2D eigenvalue weighted by atomic mass is 9.96. The molecule has 0 atom stereocenters. The fourth-order valence-electron chi connectivity index (χ4n) is 1.50. The molecule has 0 fully saturated rings. The first-order chi connectivity index (χ1) is 7.58. The summed E-state index contributed by atoms with van der Waals surface area (Å²) in [7, 11) is 0. The third-order valence-corrected chi connectivity index (χ3v) is 2.84. The van der Waals surface area contributed by atoms with Crippen LogP contribution >= 0.6 is 11.6 Å². The monoisotopic (exact) mass is 232 g/mol. The van der Waals surface area contributed by atoms with Crippen LogP contribution in [0, 0.1) is 6.92 Å². The number of ketones is 2. The smallest absolute Gasteiger partial charge is 0.186 e. The first-order valence-electron chi connectivity index (χ1n) is 4.82. The van der Waals surface area contributed by atoms with Crippen molar-refractivity contribution in [3.63, 3.8) is 0 Å². The van der Waals surface area contributed by atoms with Crippen molar-refractivity contribution in [2.75, 3.05) is 0 Å². The van der Waals surface area contributed by atoms with Crippen LogP contribution in [0.15, 0.2) is 36.4 Å². The third-order valence-electron chi connectivity index (χ3n) is 2.43. The molecule has 0 N–H and O–H groups in total. The van der Waals surface area contributed by atoms with E-state index in [-0.39, 0.29) is 11.6 Å². The highest BCUT2D eigenvalue weighted by Crippen LogP contribution is 2.24. The maximum absolute atomic E-state index is 11.6. The summed E-state index contributed by atoms with van der Waals surface area (Å²) in [6.07, 6.45) is 3.89. The van der Waals surface area contributed by atoms with Gasteiger partial charge in [-0.05, 0) is 42.3 Å². The zero-order valence-corrected chi connectivity index (χ0v) is 9.41. The number of allylic oxidation sites excluding steroid dienone is 4. The van der Waals surface area contributed by atoms with Gasteiger partial charge in [0.25, 0.3) is 0 Å². The second-order valence-corrected chi connectivity index (χ2v) is 4.03. The molecule has 80 valence electrons. The number of carbonyl (C=O) groups is 2. The van der Waals surface area contributed by atoms with Crippen LogP contribution < -0.4 is 0 Å². The molecule has 0 radical (unpaired) electrons. The number of hydrogen-bond acceptors (Lipinski definition) is 2. The predicted molar refractivity (Wildman–Crippen MR) is 63.3 cm³/mol. The molecule has 0 aliphatic heterocycles. The Hall–Kier alpha value is -1.67. The molecule has 1 aliphatic rings. The summed E-state index contributed by atoms with van der Waals surface area (Å²) < 4.78 is 0. The van der Waals surface area contributed by atoms with Gasteiger partial charge in [0.05, 0.1) is 0 Å². The van der Waals surface area contributed by atoms with E-state index in [1.165, 1.54) is 18.2 Å². The molecular weight excluding hydrogens is 224 g/mol. The maximum atomic E-state index is 11.6. The first-order valence-corrected chi connectivity index (χ1v) is 5.20. The molecule has 2 rings (SSSR count). The summed E-state index contributed by atoms with van der Waals surface area (Å²) in [5, 5.41) is 0.591. The van der Waals surface area contributed by atoms with Crippen molar-refractivity contribution in [1.82, 2.24) is 0 Å². The Labute approximate surface area is 98.2 Å². The number of carbonyl (C=O) groups excluding carboxylic acids is 2. The van der Waals surface area contributed by atoms with Crippen molar-refractivity contribution in [1.29, 1.82) is 0 Å². The van der Waals surface area contributed by atoms with Gasteiger partial charge in [-0.1, -0.05) is 23.7 Å². The van der Waals surface area contributed by atoms with Gasteiger partial charge in [0.2, 0.25) is 0 Å². The Bertz CT molecular complexity index is 539. The molecule has 3 heteroatoms. The van der Waals surface area contributed by atoms with Crippen LogP contribution in [0.1, 0.15) is 11.1 Å². The average molecular weight is 233 g/mol. The molecule has 0 bridgehead atoms. The number of hydrogen-bond donors (Lipinski definition) is 0. The van der Waals surface area contributed by atoms with Gasteiger partial charge in [-0.3, -0.25) is 9.59 Å². The van der Waals surface area contributed by atoms with Crippen LogP contribution in [0.25, 0.3) is 5.57 Å². The Morgan fingerprint density at radius 3 is 2.56 bits per heavy atom. The van der Waals surface area contributed by atoms with E-state index in [1.54, 1.807) is 12.1 Å². The molecule has 0 saturated heterocycles. The minimum atomic E-state index is -0.175. The van der Waals surface area contributed by atoms with Crippen molar-refractivity contribution in [2.24, 2.45) is 0 Å². The lowest BCUT2D eigenvalue weighted by Gasteiger charge is -2.08.